The molecule has 230 valence electrons. The number of nitrogens with zero attached hydrogens (tertiary/aromatic N) is 1. The zero-order valence-corrected chi connectivity index (χ0v) is 24.9. The first-order chi connectivity index (χ1) is 22.0. The molecule has 7 nitrogen and oxygen atoms in total. The largest absolute Gasteiger partial charge is 0.508 e. The van der Waals surface area contributed by atoms with Crippen LogP contribution in [0.15, 0.2) is 127 Å². The van der Waals surface area contributed by atoms with Gasteiger partial charge in [-0.05, 0) is 64.7 Å². The summed E-state index contributed by atoms with van der Waals surface area (Å²) >= 11 is 0. The number of phenols is 2. The first-order valence-corrected chi connectivity index (χ1v) is 14.9. The number of phenolic OH excluding ortho intramolecular Hbond substituents is 2. The minimum absolute atomic E-state index is 0.0247. The Balaban J connectivity index is 1.28. The highest BCUT2D eigenvalue weighted by Crippen LogP contribution is 2.29. The van der Waals surface area contributed by atoms with E-state index in [1.807, 2.05) is 84.9 Å². The molecular formula is C38H37NO6. The van der Waals surface area contributed by atoms with Gasteiger partial charge >= 0.3 is 0 Å². The van der Waals surface area contributed by atoms with E-state index in [1.165, 1.54) is 0 Å². The third kappa shape index (κ3) is 9.19. The highest BCUT2D eigenvalue weighted by Gasteiger charge is 2.22. The molecule has 0 aliphatic carbocycles. The molecule has 5 aromatic rings. The Kier molecular flexibility index (Phi) is 10.8. The molecule has 45 heavy (non-hydrogen) atoms. The van der Waals surface area contributed by atoms with Gasteiger partial charge in [-0.1, -0.05) is 84.9 Å². The van der Waals surface area contributed by atoms with Crippen LogP contribution in [0.4, 0.5) is 0 Å². The molecule has 0 unspecified atom stereocenters. The second-order valence-electron chi connectivity index (χ2n) is 11.0. The van der Waals surface area contributed by atoms with Crippen molar-refractivity contribution in [3.63, 3.8) is 0 Å². The van der Waals surface area contributed by atoms with E-state index in [1.54, 1.807) is 42.5 Å². The summed E-state index contributed by atoms with van der Waals surface area (Å²) in [7, 11) is 0. The summed E-state index contributed by atoms with van der Waals surface area (Å²) in [5.74, 6) is 1.20. The van der Waals surface area contributed by atoms with Gasteiger partial charge in [0.25, 0.3) is 0 Å². The van der Waals surface area contributed by atoms with Crippen molar-refractivity contribution in [3.8, 4) is 23.0 Å². The third-order valence-electron chi connectivity index (χ3n) is 7.54. The van der Waals surface area contributed by atoms with E-state index in [9.17, 15) is 20.1 Å². The fourth-order valence-corrected chi connectivity index (χ4v) is 5.24. The SMILES string of the molecule is O=Cc1cc(OC[C@@H](O)CN(Cc2ccccc2)CC(c2ccc(O)cc2)c2ccc(O)cc2)ccc1OCc1ccccc1. The minimum Gasteiger partial charge on any atom is -0.508 e. The number of ether oxygens (including phenoxy) is 2. The van der Waals surface area contributed by atoms with Crippen LogP contribution in [0.2, 0.25) is 0 Å². The van der Waals surface area contributed by atoms with Crippen LogP contribution < -0.4 is 9.47 Å². The lowest BCUT2D eigenvalue weighted by Crippen LogP contribution is -2.38. The maximum absolute atomic E-state index is 11.8. The molecule has 7 heteroatoms. The zero-order chi connectivity index (χ0) is 31.4. The topological polar surface area (TPSA) is 99.5 Å². The Hall–Kier alpha value is -5.11. The van der Waals surface area contributed by atoms with Gasteiger partial charge in [0.2, 0.25) is 0 Å². The number of carbonyl (C=O) groups is 1. The molecule has 0 spiro atoms. The van der Waals surface area contributed by atoms with E-state index < -0.39 is 6.10 Å². The predicted octanol–water partition coefficient (Wildman–Crippen LogP) is 6.56. The van der Waals surface area contributed by atoms with E-state index >= 15 is 0 Å². The molecule has 0 radical (unpaired) electrons. The summed E-state index contributed by atoms with van der Waals surface area (Å²) in [4.78, 5) is 14.0. The van der Waals surface area contributed by atoms with Gasteiger partial charge in [0, 0.05) is 25.6 Å². The van der Waals surface area contributed by atoms with Crippen molar-refractivity contribution in [2.24, 2.45) is 0 Å². The Labute approximate surface area is 263 Å². The van der Waals surface area contributed by atoms with Crippen molar-refractivity contribution < 1.29 is 29.6 Å². The number of hydrogen-bond acceptors (Lipinski definition) is 7. The van der Waals surface area contributed by atoms with Crippen LogP contribution in [0.25, 0.3) is 0 Å². The van der Waals surface area contributed by atoms with Gasteiger partial charge in [0.15, 0.2) is 6.29 Å². The van der Waals surface area contributed by atoms with Crippen molar-refractivity contribution >= 4 is 6.29 Å². The molecule has 0 aliphatic heterocycles. The zero-order valence-electron chi connectivity index (χ0n) is 24.9. The Bertz CT molecular complexity index is 1580. The molecule has 0 heterocycles. The molecule has 5 aromatic carbocycles. The van der Waals surface area contributed by atoms with Gasteiger partial charge in [-0.2, -0.15) is 0 Å². The summed E-state index contributed by atoms with van der Waals surface area (Å²) in [6.07, 6.45) is -0.0967. The van der Waals surface area contributed by atoms with Gasteiger partial charge in [-0.15, -0.1) is 0 Å². The third-order valence-corrected chi connectivity index (χ3v) is 7.54. The lowest BCUT2D eigenvalue weighted by atomic mass is 9.90. The molecule has 0 saturated heterocycles. The van der Waals surface area contributed by atoms with Gasteiger partial charge in [-0.3, -0.25) is 9.69 Å². The molecular weight excluding hydrogens is 566 g/mol. The molecule has 0 amide bonds. The molecule has 3 N–H and O–H groups in total. The number of aliphatic hydroxyl groups is 1. The first kappa shape index (κ1) is 31.3. The van der Waals surface area contributed by atoms with Crippen LogP contribution in [0.1, 0.15) is 38.5 Å². The molecule has 0 bridgehead atoms. The number of benzene rings is 5. The minimum atomic E-state index is -0.831. The normalized spacial score (nSPS) is 11.8. The van der Waals surface area contributed by atoms with Crippen LogP contribution in [-0.2, 0) is 13.2 Å². The summed E-state index contributed by atoms with van der Waals surface area (Å²) in [6.45, 7) is 1.84. The van der Waals surface area contributed by atoms with Crippen LogP contribution in [0.3, 0.4) is 0 Å². The summed E-state index contributed by atoms with van der Waals surface area (Å²) in [6, 6.07) is 39.1. The first-order valence-electron chi connectivity index (χ1n) is 14.9. The quantitative estimate of drug-likeness (QED) is 0.117. The number of rotatable bonds is 15. The second kappa shape index (κ2) is 15.6. The smallest absolute Gasteiger partial charge is 0.153 e. The van der Waals surface area contributed by atoms with Crippen molar-refractivity contribution in [1.29, 1.82) is 0 Å². The van der Waals surface area contributed by atoms with Crippen molar-refractivity contribution in [2.75, 3.05) is 19.7 Å². The van der Waals surface area contributed by atoms with Crippen LogP contribution >= 0.6 is 0 Å². The highest BCUT2D eigenvalue weighted by atomic mass is 16.5. The highest BCUT2D eigenvalue weighted by molar-refractivity contribution is 5.80. The maximum atomic E-state index is 11.8. The molecule has 0 aliphatic rings. The van der Waals surface area contributed by atoms with Crippen LogP contribution in [0, 0.1) is 0 Å². The number of aldehydes is 1. The van der Waals surface area contributed by atoms with Gasteiger partial charge in [0.1, 0.15) is 42.3 Å². The van der Waals surface area contributed by atoms with Gasteiger partial charge < -0.3 is 24.8 Å². The maximum Gasteiger partial charge on any atom is 0.153 e. The van der Waals surface area contributed by atoms with Gasteiger partial charge in [0.05, 0.1) is 5.56 Å². The molecule has 0 saturated carbocycles. The van der Waals surface area contributed by atoms with Crippen molar-refractivity contribution in [3.05, 3.63) is 155 Å². The molecule has 5 rings (SSSR count). The Morgan fingerprint density at radius 2 is 1.24 bits per heavy atom. The van der Waals surface area contributed by atoms with E-state index in [0.717, 1.165) is 28.5 Å². The number of aromatic hydroxyl groups is 2. The van der Waals surface area contributed by atoms with Crippen molar-refractivity contribution in [1.82, 2.24) is 4.90 Å². The van der Waals surface area contributed by atoms with Crippen LogP contribution in [-0.4, -0.2) is 52.3 Å². The number of aliphatic hydroxyl groups excluding tert-OH is 1. The fourth-order valence-electron chi connectivity index (χ4n) is 5.24. The lowest BCUT2D eigenvalue weighted by molar-refractivity contribution is 0.0644. The summed E-state index contributed by atoms with van der Waals surface area (Å²) in [5, 5.41) is 30.9. The Morgan fingerprint density at radius 1 is 0.667 bits per heavy atom. The van der Waals surface area contributed by atoms with Crippen molar-refractivity contribution in [2.45, 2.75) is 25.2 Å². The van der Waals surface area contributed by atoms with E-state index in [0.29, 0.717) is 43.3 Å². The Morgan fingerprint density at radius 3 is 1.82 bits per heavy atom. The molecule has 1 atom stereocenters. The summed E-state index contributed by atoms with van der Waals surface area (Å²) in [5.41, 5.74) is 4.46. The lowest BCUT2D eigenvalue weighted by Gasteiger charge is -2.30. The standard InChI is InChI=1S/C38H37NO6/c40-25-32-21-36(19-20-38(32)45-26-29-9-5-2-6-10-29)44-27-35(43)23-39(22-28-7-3-1-4-8-28)24-37(30-11-15-33(41)16-12-30)31-13-17-34(42)18-14-31/h1-21,25,35,37,41-43H,22-24,26-27H2/t35-/m0/s1. The predicted molar refractivity (Wildman–Crippen MR) is 174 cm³/mol. The monoisotopic (exact) mass is 603 g/mol. The number of carbonyl (C=O) groups excluding carboxylic acids is 1. The van der Waals surface area contributed by atoms with E-state index in [4.69, 9.17) is 9.47 Å². The average Bonchev–Trinajstić information content (AvgIpc) is 3.07. The second-order valence-corrected chi connectivity index (χ2v) is 11.0. The molecule has 0 aromatic heterocycles. The molecule has 0 fully saturated rings. The van der Waals surface area contributed by atoms with E-state index in [2.05, 4.69) is 4.90 Å². The average molecular weight is 604 g/mol. The summed E-state index contributed by atoms with van der Waals surface area (Å²) < 4.78 is 11.8. The van der Waals surface area contributed by atoms with E-state index in [-0.39, 0.29) is 24.0 Å². The fraction of sp³-hybridized carbons (Fsp3) is 0.184. The van der Waals surface area contributed by atoms with Crippen LogP contribution in [0.5, 0.6) is 23.0 Å². The van der Waals surface area contributed by atoms with Gasteiger partial charge in [-0.25, -0.2) is 0 Å². The number of hydrogen-bond donors (Lipinski definition) is 3.